The number of aliphatic carboxylic acids is 6. The quantitative estimate of drug-likeness (QED) is 0.164. The van der Waals surface area contributed by atoms with Gasteiger partial charge < -0.3 is 59.4 Å². The van der Waals surface area contributed by atoms with E-state index in [2.05, 4.69) is 0 Å². The van der Waals surface area contributed by atoms with E-state index >= 15 is 0 Å². The predicted octanol–water partition coefficient (Wildman–Crippen LogP) is -27.0. The molecule has 0 rings (SSSR count). The predicted molar refractivity (Wildman–Crippen MR) is 53.4 cm³/mol. The van der Waals surface area contributed by atoms with Gasteiger partial charge in [-0.3, -0.25) is 0 Å². The Kier molecular flexibility index (Phi) is 45.7. The van der Waals surface area contributed by atoms with Gasteiger partial charge >= 0.3 is 308 Å². The van der Waals surface area contributed by atoms with Crippen molar-refractivity contribution < 1.29 is 368 Å². The van der Waals surface area contributed by atoms with Gasteiger partial charge in [0.1, 0.15) is 0 Å². The van der Waals surface area contributed by atoms with E-state index in [9.17, 15) is 59.4 Å². The van der Waals surface area contributed by atoms with Crippen LogP contribution in [0.4, 0.5) is 0 Å². The molecule has 0 aliphatic carbocycles. The van der Waals surface area contributed by atoms with Crippen LogP contribution in [-0.2, 0) is 28.8 Å². The molecule has 0 fully saturated rings. The molecule has 0 saturated heterocycles. The van der Waals surface area contributed by atoms with Crippen molar-refractivity contribution in [1.29, 1.82) is 0 Å². The van der Waals surface area contributed by atoms with Crippen LogP contribution in [0.5, 0.6) is 0 Å². The Balaban J connectivity index is -0.000000176. The third kappa shape index (κ3) is 14.7. The fourth-order valence-electron chi connectivity index (χ4n) is 2.28. The minimum atomic E-state index is -4.00. The summed E-state index contributed by atoms with van der Waals surface area (Å²) in [6.07, 6.45) is -6.16. The van der Waals surface area contributed by atoms with Crippen LogP contribution in [0.1, 0.15) is 25.7 Å². The monoisotopic (exact) mass is 578 g/mol. The molecule has 0 amide bonds. The van der Waals surface area contributed by atoms with Gasteiger partial charge in [-0.2, -0.15) is 0 Å². The van der Waals surface area contributed by atoms with Gasteiger partial charge in [0, 0.05) is 11.9 Å². The van der Waals surface area contributed by atoms with Crippen LogP contribution in [0.15, 0.2) is 0 Å². The number of rotatable bonds is 11. The maximum atomic E-state index is 11.3. The van der Waals surface area contributed by atoms with E-state index in [0.29, 0.717) is 0 Å². The van der Waals surface area contributed by atoms with Gasteiger partial charge in [-0.25, -0.2) is 0 Å². The Bertz CT molecular complexity index is 531. The molecule has 0 N–H and O–H groups in total. The van der Waals surface area contributed by atoms with Crippen LogP contribution in [0.25, 0.3) is 0 Å². The molecule has 134 valence electrons. The van der Waals surface area contributed by atoms with Crippen molar-refractivity contribution in [3.05, 3.63) is 0 Å². The summed E-state index contributed by atoms with van der Waals surface area (Å²) in [5.41, 5.74) is -8.00. The van der Waals surface area contributed by atoms with E-state index in [1.165, 1.54) is 0 Å². The van der Waals surface area contributed by atoms with Gasteiger partial charge in [0.15, 0.2) is 0 Å². The van der Waals surface area contributed by atoms with E-state index in [0.717, 1.165) is 0 Å². The summed E-state index contributed by atoms with van der Waals surface area (Å²) in [5, 5.41) is 66.1. The largest absolute Gasteiger partial charge is 1.00 e. The molecular formula is C12H8K6O12. The molecule has 30 heavy (non-hydrogen) atoms. The summed E-state index contributed by atoms with van der Waals surface area (Å²) >= 11 is 0. The molecule has 0 spiro atoms. The Labute approximate surface area is 426 Å². The fourth-order valence-corrected chi connectivity index (χ4v) is 2.28. The number of carbonyl (C=O) groups is 6. The van der Waals surface area contributed by atoms with Crippen LogP contribution in [0.2, 0.25) is 0 Å². The summed E-state index contributed by atoms with van der Waals surface area (Å²) < 4.78 is 0. The Hall–Kier alpha value is 6.64. The first kappa shape index (κ1) is 53.0. The van der Waals surface area contributed by atoms with Gasteiger partial charge in [0.2, 0.25) is 0 Å². The second kappa shape index (κ2) is 25.9. The minimum absolute atomic E-state index is 0. The molecule has 0 aromatic heterocycles. The molecule has 0 aliphatic heterocycles. The molecule has 0 aliphatic rings. The zero-order chi connectivity index (χ0) is 19.3. The molecule has 0 unspecified atom stereocenters. The summed E-state index contributed by atoms with van der Waals surface area (Å²) in [6.45, 7) is 0. The SMILES string of the molecule is O=C([O-])CCC(C(=O)[O-])(C(=O)[O-])C(CCC(=O)[O-])(C(=O)[O-])C(=O)[O-].[K+].[K+].[K+].[K+].[K+].[K+]. The maximum Gasteiger partial charge on any atom is 1.00 e. The van der Waals surface area contributed by atoms with Crippen molar-refractivity contribution in [2.75, 3.05) is 0 Å². The van der Waals surface area contributed by atoms with Crippen molar-refractivity contribution in [3.63, 3.8) is 0 Å². The Morgan fingerprint density at radius 2 is 0.600 bits per heavy atom. The summed E-state index contributed by atoms with van der Waals surface area (Å²) in [4.78, 5) is 66.1. The van der Waals surface area contributed by atoms with E-state index in [1.807, 2.05) is 0 Å². The molecule has 12 nitrogen and oxygen atoms in total. The van der Waals surface area contributed by atoms with Gasteiger partial charge in [0.05, 0.1) is 34.7 Å². The van der Waals surface area contributed by atoms with Crippen molar-refractivity contribution >= 4 is 35.8 Å². The third-order valence-electron chi connectivity index (χ3n) is 3.53. The first-order chi connectivity index (χ1) is 10.9. The van der Waals surface area contributed by atoms with E-state index < -0.39 is 72.3 Å². The second-order valence-corrected chi connectivity index (χ2v) is 4.70. The van der Waals surface area contributed by atoms with Gasteiger partial charge in [-0.1, -0.05) is 0 Å². The standard InChI is InChI=1S/C12H14O12.6K/c13-5(14)1-3-11(7(17)18,8(19)20)12(9(21)22,10(23)24)4-2-6(15)16;;;;;;/h1-4H2,(H,13,14)(H,15,16)(H,17,18)(H,19,20)(H,21,22)(H,23,24);;;;;;/q;6*+1/p-6. The fraction of sp³-hybridized carbons (Fsp3) is 0.500. The van der Waals surface area contributed by atoms with Crippen molar-refractivity contribution in [1.82, 2.24) is 0 Å². The topological polar surface area (TPSA) is 241 Å². The van der Waals surface area contributed by atoms with Gasteiger partial charge in [-0.15, -0.1) is 0 Å². The van der Waals surface area contributed by atoms with Gasteiger partial charge in [0.25, 0.3) is 0 Å². The van der Waals surface area contributed by atoms with Crippen molar-refractivity contribution in [2.45, 2.75) is 25.7 Å². The molecule has 0 aromatic carbocycles. The molecule has 0 bridgehead atoms. The zero-order valence-electron chi connectivity index (χ0n) is 17.7. The number of hydrogen-bond acceptors (Lipinski definition) is 12. The van der Waals surface area contributed by atoms with Crippen LogP contribution < -0.4 is 339 Å². The molecule has 0 atom stereocenters. The summed E-state index contributed by atoms with van der Waals surface area (Å²) in [5.74, 6) is -15.4. The number of carboxylic acid groups (broad SMARTS) is 6. The average Bonchev–Trinajstić information content (AvgIpc) is 2.40. The molecule has 18 heteroatoms. The third-order valence-corrected chi connectivity index (χ3v) is 3.53. The number of carboxylic acids is 6. The van der Waals surface area contributed by atoms with E-state index in [4.69, 9.17) is 0 Å². The van der Waals surface area contributed by atoms with Gasteiger partial charge in [-0.05, 0) is 25.7 Å². The average molecular weight is 579 g/mol. The Morgan fingerprint density at radius 1 is 0.433 bits per heavy atom. The number of carbonyl (C=O) groups excluding carboxylic acids is 6. The normalized spacial score (nSPS) is 9.20. The van der Waals surface area contributed by atoms with Crippen LogP contribution in [0.3, 0.4) is 0 Å². The maximum absolute atomic E-state index is 11.3. The van der Waals surface area contributed by atoms with Crippen molar-refractivity contribution in [3.8, 4) is 0 Å². The smallest absolute Gasteiger partial charge is 0.550 e. The number of hydrogen-bond donors (Lipinski definition) is 0. The summed E-state index contributed by atoms with van der Waals surface area (Å²) in [7, 11) is 0. The first-order valence-corrected chi connectivity index (χ1v) is 6.11. The molecule has 0 saturated carbocycles. The molecular weight excluding hydrogens is 571 g/mol. The minimum Gasteiger partial charge on any atom is -0.550 e. The molecule has 0 aromatic rings. The van der Waals surface area contributed by atoms with Crippen LogP contribution in [-0.4, -0.2) is 35.8 Å². The zero-order valence-corrected chi connectivity index (χ0v) is 36.5. The molecule has 0 heterocycles. The van der Waals surface area contributed by atoms with Crippen LogP contribution >= 0.6 is 0 Å². The second-order valence-electron chi connectivity index (χ2n) is 4.70. The van der Waals surface area contributed by atoms with E-state index in [-0.39, 0.29) is 308 Å². The van der Waals surface area contributed by atoms with Crippen LogP contribution in [0, 0.1) is 10.8 Å². The summed E-state index contributed by atoms with van der Waals surface area (Å²) in [6, 6.07) is 0. The molecule has 0 radical (unpaired) electrons. The Morgan fingerprint density at radius 3 is 0.700 bits per heavy atom. The van der Waals surface area contributed by atoms with Crippen molar-refractivity contribution in [2.24, 2.45) is 10.8 Å². The first-order valence-electron chi connectivity index (χ1n) is 6.11. The van der Waals surface area contributed by atoms with E-state index in [1.54, 1.807) is 0 Å².